The zero-order chi connectivity index (χ0) is 21.5. The first-order valence-corrected chi connectivity index (χ1v) is 11.0. The normalized spacial score (nSPS) is 17.4. The maximum atomic E-state index is 12.8. The number of hydrazone groups is 1. The molecule has 3 aromatic rings. The average Bonchev–Trinajstić information content (AvgIpc) is 3.31. The number of nitrogens with one attached hydrogen (secondary N) is 1. The van der Waals surface area contributed by atoms with Crippen molar-refractivity contribution in [3.63, 3.8) is 0 Å². The summed E-state index contributed by atoms with van der Waals surface area (Å²) in [7, 11) is 0. The van der Waals surface area contributed by atoms with E-state index in [2.05, 4.69) is 45.9 Å². The Morgan fingerprint density at radius 3 is 2.61 bits per heavy atom. The number of benzene rings is 2. The molecule has 5 rings (SSSR count). The summed E-state index contributed by atoms with van der Waals surface area (Å²) in [6.07, 6.45) is 2.54. The number of aromatic nitrogens is 1. The van der Waals surface area contributed by atoms with Gasteiger partial charge in [0, 0.05) is 28.7 Å². The van der Waals surface area contributed by atoms with Crippen LogP contribution in [0.2, 0.25) is 0 Å². The number of hydrogen-bond donors (Lipinski definition) is 1. The molecule has 0 saturated carbocycles. The van der Waals surface area contributed by atoms with E-state index in [-0.39, 0.29) is 11.4 Å². The molecule has 0 fully saturated rings. The monoisotopic (exact) mass is 427 g/mol. The van der Waals surface area contributed by atoms with Gasteiger partial charge in [0.2, 0.25) is 5.17 Å². The van der Waals surface area contributed by atoms with Crippen LogP contribution in [-0.2, 0) is 11.3 Å². The summed E-state index contributed by atoms with van der Waals surface area (Å²) in [5.74, 6) is -0.319. The summed E-state index contributed by atoms with van der Waals surface area (Å²) < 4.78 is 2.25. The molecule has 1 aromatic heterocycles. The average molecular weight is 428 g/mol. The molecule has 154 valence electrons. The summed E-state index contributed by atoms with van der Waals surface area (Å²) in [5, 5.41) is 16.9. The van der Waals surface area contributed by atoms with Gasteiger partial charge >= 0.3 is 0 Å². The van der Waals surface area contributed by atoms with Crippen molar-refractivity contribution in [1.82, 2.24) is 9.58 Å². The Bertz CT molecular complexity index is 1320. The van der Waals surface area contributed by atoms with E-state index < -0.39 is 5.91 Å². The van der Waals surface area contributed by atoms with E-state index in [1.54, 1.807) is 6.08 Å². The van der Waals surface area contributed by atoms with Crippen molar-refractivity contribution in [1.29, 1.82) is 5.41 Å². The largest absolute Gasteiger partial charge is 0.340 e. The van der Waals surface area contributed by atoms with E-state index in [0.717, 1.165) is 40.2 Å². The standard InChI is InChI=1S/C24H21N5OS/c1-3-21-27-29-22(25)19(23(30)26-24(29)31-21)13-18-15(2)28(14-16-9-5-4-6-10-16)20-12-8-7-11-17(18)20/h4-13,25H,3,14H2,1-2H3/b19-13+,25-22?. The quantitative estimate of drug-likeness (QED) is 0.594. The van der Waals surface area contributed by atoms with Crippen LogP contribution in [0.5, 0.6) is 0 Å². The van der Waals surface area contributed by atoms with Gasteiger partial charge in [-0.3, -0.25) is 10.2 Å². The Labute approximate surface area is 184 Å². The summed E-state index contributed by atoms with van der Waals surface area (Å²) in [6.45, 7) is 4.79. The van der Waals surface area contributed by atoms with Crippen molar-refractivity contribution in [2.24, 2.45) is 10.1 Å². The zero-order valence-electron chi connectivity index (χ0n) is 17.3. The third-order valence-corrected chi connectivity index (χ3v) is 6.60. The molecule has 0 atom stereocenters. The number of nitrogens with zero attached hydrogens (tertiary/aromatic N) is 4. The van der Waals surface area contributed by atoms with Crippen molar-refractivity contribution >= 4 is 50.7 Å². The fourth-order valence-electron chi connectivity index (χ4n) is 3.93. The first kappa shape index (κ1) is 19.5. The maximum Gasteiger partial charge on any atom is 0.283 e. The van der Waals surface area contributed by atoms with Crippen LogP contribution >= 0.6 is 11.8 Å². The van der Waals surface area contributed by atoms with E-state index >= 15 is 0 Å². The van der Waals surface area contributed by atoms with Crippen molar-refractivity contribution in [2.75, 3.05) is 0 Å². The van der Waals surface area contributed by atoms with Crippen molar-refractivity contribution in [3.8, 4) is 0 Å². The predicted molar refractivity (Wildman–Crippen MR) is 128 cm³/mol. The molecule has 2 aromatic carbocycles. The molecule has 6 nitrogen and oxygen atoms in total. The number of fused-ring (bicyclic) bond motifs is 2. The Balaban J connectivity index is 1.62. The molecule has 0 spiro atoms. The highest BCUT2D eigenvalue weighted by Crippen LogP contribution is 2.32. The van der Waals surface area contributed by atoms with Crippen LogP contribution in [0.1, 0.15) is 30.2 Å². The van der Waals surface area contributed by atoms with Crippen molar-refractivity contribution in [2.45, 2.75) is 26.8 Å². The van der Waals surface area contributed by atoms with Crippen LogP contribution in [-0.4, -0.2) is 31.5 Å². The summed E-state index contributed by atoms with van der Waals surface area (Å²) in [5.41, 5.74) is 4.54. The highest BCUT2D eigenvalue weighted by molar-refractivity contribution is 8.26. The number of thioether (sulfide) groups is 1. The third-order valence-electron chi connectivity index (χ3n) is 5.55. The van der Waals surface area contributed by atoms with E-state index in [1.165, 1.54) is 22.3 Å². The van der Waals surface area contributed by atoms with E-state index in [9.17, 15) is 4.79 Å². The van der Waals surface area contributed by atoms with E-state index in [1.807, 2.05) is 37.3 Å². The van der Waals surface area contributed by atoms with Gasteiger partial charge in [0.15, 0.2) is 5.84 Å². The summed E-state index contributed by atoms with van der Waals surface area (Å²) >= 11 is 1.35. The number of carbonyl (C=O) groups is 1. The Kier molecular flexibility index (Phi) is 4.82. The predicted octanol–water partition coefficient (Wildman–Crippen LogP) is 5.03. The van der Waals surface area contributed by atoms with E-state index in [4.69, 9.17) is 5.41 Å². The minimum absolute atomic E-state index is 0.0743. The van der Waals surface area contributed by atoms with Crippen LogP contribution in [0.25, 0.3) is 17.0 Å². The van der Waals surface area contributed by atoms with Crippen molar-refractivity contribution < 1.29 is 4.79 Å². The lowest BCUT2D eigenvalue weighted by atomic mass is 10.1. The van der Waals surface area contributed by atoms with Gasteiger partial charge in [-0.05, 0) is 42.8 Å². The second-order valence-corrected chi connectivity index (χ2v) is 8.50. The minimum atomic E-state index is -0.393. The van der Waals surface area contributed by atoms with Gasteiger partial charge in [-0.25, -0.2) is 0 Å². The van der Waals surface area contributed by atoms with Crippen molar-refractivity contribution in [3.05, 3.63) is 77.0 Å². The number of amidine groups is 2. The molecule has 1 N–H and O–H groups in total. The Morgan fingerprint density at radius 2 is 1.84 bits per heavy atom. The smallest absolute Gasteiger partial charge is 0.283 e. The van der Waals surface area contributed by atoms with Gasteiger partial charge in [-0.2, -0.15) is 15.1 Å². The highest BCUT2D eigenvalue weighted by atomic mass is 32.2. The molecule has 0 saturated heterocycles. The SMILES string of the molecule is CCC1=NN2C(=N)/C(=C\c3c(C)n(Cc4ccccc4)c4ccccc34)C(=O)N=C2S1. The summed E-state index contributed by atoms with van der Waals surface area (Å²) in [6, 6.07) is 18.5. The highest BCUT2D eigenvalue weighted by Gasteiger charge is 2.35. The lowest BCUT2D eigenvalue weighted by Gasteiger charge is -2.20. The van der Waals surface area contributed by atoms with Gasteiger partial charge in [0.05, 0.1) is 5.57 Å². The van der Waals surface area contributed by atoms with E-state index in [0.29, 0.717) is 5.17 Å². The number of hydrogen-bond acceptors (Lipinski definition) is 4. The molecule has 0 aliphatic carbocycles. The Morgan fingerprint density at radius 1 is 1.10 bits per heavy atom. The zero-order valence-corrected chi connectivity index (χ0v) is 18.1. The molecule has 0 unspecified atom stereocenters. The van der Waals surface area contributed by atoms with Gasteiger partial charge in [-0.1, -0.05) is 55.5 Å². The second-order valence-electron chi connectivity index (χ2n) is 7.46. The van der Waals surface area contributed by atoms with Gasteiger partial charge in [-0.15, -0.1) is 0 Å². The molecule has 1 amide bonds. The van der Waals surface area contributed by atoms with Crippen LogP contribution < -0.4 is 0 Å². The lowest BCUT2D eigenvalue weighted by molar-refractivity contribution is -0.114. The molecular formula is C24H21N5OS. The molecule has 0 radical (unpaired) electrons. The molecule has 2 aliphatic heterocycles. The topological polar surface area (TPSA) is 73.8 Å². The fraction of sp³-hybridized carbons (Fsp3) is 0.167. The second kappa shape index (κ2) is 7.67. The van der Waals surface area contributed by atoms with Gasteiger partial charge in [0.25, 0.3) is 5.91 Å². The fourth-order valence-corrected chi connectivity index (χ4v) is 4.75. The molecule has 31 heavy (non-hydrogen) atoms. The first-order valence-electron chi connectivity index (χ1n) is 10.2. The third kappa shape index (κ3) is 3.31. The maximum absolute atomic E-state index is 12.8. The van der Waals surface area contributed by atoms with Gasteiger partial charge in [0.1, 0.15) is 5.04 Å². The minimum Gasteiger partial charge on any atom is -0.340 e. The number of amides is 1. The number of para-hydroxylation sites is 1. The molecule has 7 heteroatoms. The van der Waals surface area contributed by atoms with Crippen LogP contribution in [0.15, 0.2) is 70.3 Å². The first-order chi connectivity index (χ1) is 15.1. The number of aliphatic imine (C=N–C) groups is 1. The molecule has 2 aliphatic rings. The Hall–Kier alpha value is -3.45. The molecular weight excluding hydrogens is 406 g/mol. The van der Waals surface area contributed by atoms with Crippen LogP contribution in [0.3, 0.4) is 0 Å². The van der Waals surface area contributed by atoms with Crippen LogP contribution in [0, 0.1) is 12.3 Å². The van der Waals surface area contributed by atoms with Crippen LogP contribution in [0.4, 0.5) is 0 Å². The lowest BCUT2D eigenvalue weighted by Crippen LogP contribution is -2.35. The van der Waals surface area contributed by atoms with Gasteiger partial charge < -0.3 is 4.57 Å². The number of rotatable bonds is 4. The summed E-state index contributed by atoms with van der Waals surface area (Å²) in [4.78, 5) is 17.0. The number of carbonyl (C=O) groups excluding carboxylic acids is 1. The molecule has 3 heterocycles. The molecule has 0 bridgehead atoms.